The molecular formula is C17H19ClN2O3. The van der Waals surface area contributed by atoms with Crippen LogP contribution in [0.25, 0.3) is 0 Å². The van der Waals surface area contributed by atoms with Gasteiger partial charge in [-0.05, 0) is 39.0 Å². The van der Waals surface area contributed by atoms with E-state index in [0.717, 1.165) is 17.9 Å². The molecule has 0 aliphatic heterocycles. The molecule has 1 heterocycles. The van der Waals surface area contributed by atoms with Crippen LogP contribution in [0.2, 0.25) is 5.02 Å². The number of ether oxygens (including phenoxy) is 1. The lowest BCUT2D eigenvalue weighted by Crippen LogP contribution is -2.16. The van der Waals surface area contributed by atoms with Crippen molar-refractivity contribution in [2.75, 3.05) is 12.3 Å². The van der Waals surface area contributed by atoms with Gasteiger partial charge in [-0.1, -0.05) is 17.7 Å². The number of esters is 1. The molecule has 0 bridgehead atoms. The van der Waals surface area contributed by atoms with Crippen molar-refractivity contribution in [3.8, 4) is 0 Å². The van der Waals surface area contributed by atoms with Gasteiger partial charge in [-0.3, -0.25) is 4.79 Å². The normalized spacial score (nSPS) is 10.6. The highest BCUT2D eigenvalue weighted by atomic mass is 35.5. The second kappa shape index (κ2) is 6.87. The van der Waals surface area contributed by atoms with E-state index in [1.54, 1.807) is 12.1 Å². The molecule has 1 aromatic carbocycles. The lowest BCUT2D eigenvalue weighted by molar-refractivity contribution is 0.0475. The number of Topliss-reactive ketones (excluding diaryl/α,β-unsaturated/α-hetero) is 1. The molecule has 23 heavy (non-hydrogen) atoms. The maximum atomic E-state index is 12.3. The highest BCUT2D eigenvalue weighted by Crippen LogP contribution is 2.23. The van der Waals surface area contributed by atoms with Crippen LogP contribution in [0.15, 0.2) is 24.3 Å². The van der Waals surface area contributed by atoms with Crippen molar-refractivity contribution in [1.29, 1.82) is 0 Å². The molecule has 122 valence electrons. The molecule has 0 fully saturated rings. The van der Waals surface area contributed by atoms with Gasteiger partial charge in [0.15, 0.2) is 6.61 Å². The SMILES string of the molecule is CCn1c(C)cc(C(=O)COC(=O)c2cccc(Cl)c2N)c1C. The molecule has 0 saturated carbocycles. The third-order valence-electron chi connectivity index (χ3n) is 3.80. The summed E-state index contributed by atoms with van der Waals surface area (Å²) in [5, 5.41) is 0.275. The predicted molar refractivity (Wildman–Crippen MR) is 90.1 cm³/mol. The summed E-state index contributed by atoms with van der Waals surface area (Å²) in [4.78, 5) is 24.3. The van der Waals surface area contributed by atoms with Crippen LogP contribution in [-0.4, -0.2) is 22.9 Å². The molecule has 0 aliphatic rings. The smallest absolute Gasteiger partial charge is 0.340 e. The number of carbonyl (C=O) groups excluding carboxylic acids is 2. The van der Waals surface area contributed by atoms with Crippen molar-refractivity contribution < 1.29 is 14.3 Å². The molecule has 0 unspecified atom stereocenters. The number of para-hydroxylation sites is 1. The Balaban J connectivity index is 2.10. The first kappa shape index (κ1) is 17.1. The second-order valence-corrected chi connectivity index (χ2v) is 5.64. The van der Waals surface area contributed by atoms with Gasteiger partial charge in [0.2, 0.25) is 5.78 Å². The molecule has 0 atom stereocenters. The second-order valence-electron chi connectivity index (χ2n) is 5.23. The number of hydrogen-bond acceptors (Lipinski definition) is 4. The van der Waals surface area contributed by atoms with E-state index < -0.39 is 5.97 Å². The minimum Gasteiger partial charge on any atom is -0.454 e. The number of halogens is 1. The van der Waals surface area contributed by atoms with Crippen molar-refractivity contribution in [1.82, 2.24) is 4.57 Å². The van der Waals surface area contributed by atoms with Crippen molar-refractivity contribution >= 4 is 29.0 Å². The minimum atomic E-state index is -0.664. The third-order valence-corrected chi connectivity index (χ3v) is 4.13. The zero-order valence-corrected chi connectivity index (χ0v) is 14.1. The first-order valence-electron chi connectivity index (χ1n) is 7.27. The Labute approximate surface area is 140 Å². The van der Waals surface area contributed by atoms with Crippen molar-refractivity contribution in [2.45, 2.75) is 27.3 Å². The van der Waals surface area contributed by atoms with Gasteiger partial charge in [0, 0.05) is 23.5 Å². The first-order valence-corrected chi connectivity index (χ1v) is 7.65. The fraction of sp³-hybridized carbons (Fsp3) is 0.294. The number of hydrogen-bond donors (Lipinski definition) is 1. The van der Waals surface area contributed by atoms with Gasteiger partial charge >= 0.3 is 5.97 Å². The summed E-state index contributed by atoms with van der Waals surface area (Å²) in [5.41, 5.74) is 8.48. The van der Waals surface area contributed by atoms with Crippen LogP contribution >= 0.6 is 11.6 Å². The zero-order chi connectivity index (χ0) is 17.1. The van der Waals surface area contributed by atoms with E-state index >= 15 is 0 Å². The predicted octanol–water partition coefficient (Wildman–Crippen LogP) is 3.40. The van der Waals surface area contributed by atoms with Gasteiger partial charge in [-0.15, -0.1) is 0 Å². The number of nitrogens with two attached hydrogens (primary N) is 1. The Morgan fingerprint density at radius 1 is 1.26 bits per heavy atom. The summed E-state index contributed by atoms with van der Waals surface area (Å²) in [6, 6.07) is 6.50. The molecular weight excluding hydrogens is 316 g/mol. The number of aromatic nitrogens is 1. The average molecular weight is 335 g/mol. The Morgan fingerprint density at radius 2 is 1.96 bits per heavy atom. The molecule has 1 aromatic heterocycles. The topological polar surface area (TPSA) is 74.3 Å². The highest BCUT2D eigenvalue weighted by molar-refractivity contribution is 6.33. The number of nitrogens with zero attached hydrogens (tertiary/aromatic N) is 1. The van der Waals surface area contributed by atoms with Crippen LogP contribution < -0.4 is 5.73 Å². The van der Waals surface area contributed by atoms with Crippen molar-refractivity contribution in [2.24, 2.45) is 0 Å². The average Bonchev–Trinajstić information content (AvgIpc) is 2.81. The molecule has 2 aromatic rings. The Bertz CT molecular complexity index is 765. The molecule has 0 aliphatic carbocycles. The molecule has 2 N–H and O–H groups in total. The summed E-state index contributed by atoms with van der Waals surface area (Å²) >= 11 is 5.87. The number of carbonyl (C=O) groups is 2. The quantitative estimate of drug-likeness (QED) is 0.516. The maximum Gasteiger partial charge on any atom is 0.340 e. The van der Waals surface area contributed by atoms with E-state index in [-0.39, 0.29) is 28.7 Å². The largest absolute Gasteiger partial charge is 0.454 e. The Kier molecular flexibility index (Phi) is 5.11. The number of nitrogen functional groups attached to an aromatic ring is 1. The van der Waals surface area contributed by atoms with Gasteiger partial charge in [0.25, 0.3) is 0 Å². The lowest BCUT2D eigenvalue weighted by atomic mass is 10.1. The number of anilines is 1. The van der Waals surface area contributed by atoms with Crippen molar-refractivity contribution in [3.05, 3.63) is 51.8 Å². The van der Waals surface area contributed by atoms with Crippen LogP contribution in [0.5, 0.6) is 0 Å². The van der Waals surface area contributed by atoms with E-state index in [4.69, 9.17) is 22.1 Å². The Hall–Kier alpha value is -2.27. The summed E-state index contributed by atoms with van der Waals surface area (Å²) in [6.45, 7) is 6.27. The summed E-state index contributed by atoms with van der Waals surface area (Å²) < 4.78 is 7.11. The van der Waals surface area contributed by atoms with Gasteiger partial charge in [0.1, 0.15) is 0 Å². The third kappa shape index (κ3) is 3.40. The molecule has 0 spiro atoms. The minimum absolute atomic E-state index is 0.149. The van der Waals surface area contributed by atoms with E-state index in [1.165, 1.54) is 6.07 Å². The van der Waals surface area contributed by atoms with Crippen LogP contribution in [0.4, 0.5) is 5.69 Å². The molecule has 0 saturated heterocycles. The number of aryl methyl sites for hydroxylation is 1. The van der Waals surface area contributed by atoms with Gasteiger partial charge in [0.05, 0.1) is 16.3 Å². The zero-order valence-electron chi connectivity index (χ0n) is 13.4. The number of benzene rings is 1. The van der Waals surface area contributed by atoms with Gasteiger partial charge < -0.3 is 15.0 Å². The maximum absolute atomic E-state index is 12.3. The summed E-state index contributed by atoms with van der Waals surface area (Å²) in [7, 11) is 0. The molecule has 2 rings (SSSR count). The fourth-order valence-corrected chi connectivity index (χ4v) is 2.75. The van der Waals surface area contributed by atoms with Crippen LogP contribution in [0, 0.1) is 13.8 Å². The lowest BCUT2D eigenvalue weighted by Gasteiger charge is -2.08. The number of rotatable bonds is 5. The molecule has 6 heteroatoms. The highest BCUT2D eigenvalue weighted by Gasteiger charge is 2.18. The van der Waals surface area contributed by atoms with E-state index in [0.29, 0.717) is 5.56 Å². The fourth-order valence-electron chi connectivity index (χ4n) is 2.57. The van der Waals surface area contributed by atoms with Gasteiger partial charge in [-0.2, -0.15) is 0 Å². The molecule has 5 nitrogen and oxygen atoms in total. The van der Waals surface area contributed by atoms with Crippen LogP contribution in [0.1, 0.15) is 39.0 Å². The standard InChI is InChI=1S/C17H19ClN2O3/c1-4-20-10(2)8-13(11(20)3)15(21)9-23-17(22)12-6-5-7-14(18)16(12)19/h5-8H,4,9,19H2,1-3H3. The van der Waals surface area contributed by atoms with Gasteiger partial charge in [-0.25, -0.2) is 4.79 Å². The van der Waals surface area contributed by atoms with E-state index in [1.807, 2.05) is 31.4 Å². The molecule has 0 radical (unpaired) electrons. The summed E-state index contributed by atoms with van der Waals surface area (Å²) in [6.07, 6.45) is 0. The number of ketones is 1. The summed E-state index contributed by atoms with van der Waals surface area (Å²) in [5.74, 6) is -0.908. The molecule has 0 amide bonds. The Morgan fingerprint density at radius 3 is 2.57 bits per heavy atom. The first-order chi connectivity index (χ1) is 10.9. The van der Waals surface area contributed by atoms with Crippen molar-refractivity contribution in [3.63, 3.8) is 0 Å². The van der Waals surface area contributed by atoms with E-state index in [9.17, 15) is 9.59 Å². The van der Waals surface area contributed by atoms with Crippen LogP contribution in [0.3, 0.4) is 0 Å². The van der Waals surface area contributed by atoms with Crippen LogP contribution in [-0.2, 0) is 11.3 Å². The monoisotopic (exact) mass is 334 g/mol. The van der Waals surface area contributed by atoms with E-state index in [2.05, 4.69) is 0 Å².